The highest BCUT2D eigenvalue weighted by Crippen LogP contribution is 2.09. The van der Waals surface area contributed by atoms with E-state index in [4.69, 9.17) is 6.91 Å². The van der Waals surface area contributed by atoms with Crippen molar-refractivity contribution in [1.29, 1.82) is 1.43 Å². The van der Waals surface area contributed by atoms with Crippen molar-refractivity contribution < 1.29 is 10.6 Å². The third-order valence-electron chi connectivity index (χ3n) is 1.01. The number of phenolic OH excluding ortho intramolecular Hbond substituents is 1. The summed E-state index contributed by atoms with van der Waals surface area (Å²) in [6.45, 7) is 1.76. The monoisotopic (exact) mass is 127 g/mol. The molecule has 0 aliphatic carbocycles. The van der Waals surface area contributed by atoms with E-state index in [1.807, 2.05) is 0 Å². The van der Waals surface area contributed by atoms with Crippen molar-refractivity contribution in [3.05, 3.63) is 29.7 Å². The molecule has 1 N–H and O–H groups in total. The smallest absolute Gasteiger partial charge is 0.293 e. The van der Waals surface area contributed by atoms with E-state index >= 15 is 0 Å². The third kappa shape index (κ3) is 1.46. The highest BCUT2D eigenvalue weighted by Gasteiger charge is 1.86. The molecule has 0 fully saturated rings. The molecule has 0 saturated heterocycles. The summed E-state index contributed by atoms with van der Waals surface area (Å²) in [6, 6.07) is -0.845. The summed E-state index contributed by atoms with van der Waals surface area (Å²) in [6.07, 6.45) is 0.424. The Hall–Kier alpha value is -0.980. The second-order valence-corrected chi connectivity index (χ2v) is 1.66. The molecule has 0 unspecified atom stereocenters. The second-order valence-electron chi connectivity index (χ2n) is 1.66. The molecule has 0 saturated carbocycles. The molecule has 0 bridgehead atoms. The van der Waals surface area contributed by atoms with E-state index < -0.39 is 0 Å². The predicted octanol–water partition coefficient (Wildman–Crippen LogP) is 1.95. The normalized spacial score (nSPS) is 16.8. The lowest BCUT2D eigenvalue weighted by Crippen LogP contribution is -1.75. The van der Waals surface area contributed by atoms with Crippen molar-refractivity contribution in [2.24, 2.45) is 0 Å². The minimum absolute atomic E-state index is 0.129. The SMILES string of the molecule is [2H]Oc1c([2H])c([2H])c(CC)c([2H])c1[2H]. The summed E-state index contributed by atoms with van der Waals surface area (Å²) in [7, 11) is 0. The Kier molecular flexibility index (Phi) is 0.656. The van der Waals surface area contributed by atoms with E-state index in [9.17, 15) is 0 Å². The molecule has 1 rings (SSSR count). The number of hydrogen-bond donors (Lipinski definition) is 1. The van der Waals surface area contributed by atoms with Gasteiger partial charge in [-0.15, -0.1) is 0 Å². The van der Waals surface area contributed by atoms with Gasteiger partial charge in [0, 0.05) is 0 Å². The summed E-state index contributed by atoms with van der Waals surface area (Å²) in [4.78, 5) is 0. The van der Waals surface area contributed by atoms with Crippen molar-refractivity contribution in [2.45, 2.75) is 13.3 Å². The number of phenols is 1. The molecule has 1 aromatic rings. The van der Waals surface area contributed by atoms with E-state index in [1.165, 1.54) is 0 Å². The molecule has 0 aliphatic rings. The predicted molar refractivity (Wildman–Crippen MR) is 37.5 cm³/mol. The number of rotatable bonds is 2. The van der Waals surface area contributed by atoms with Gasteiger partial charge in [-0.05, 0) is 24.1 Å². The molecular formula is C8H10O. The first-order valence-electron chi connectivity index (χ1n) is 5.17. The molecule has 1 heteroatoms. The Labute approximate surface area is 62.1 Å². The largest absolute Gasteiger partial charge is 0.508 e. The number of aromatic hydroxyl groups is 1. The average Bonchev–Trinajstić information content (AvgIpc) is 2.17. The van der Waals surface area contributed by atoms with Crippen LogP contribution in [0.5, 0.6) is 5.75 Å². The fraction of sp³-hybridized carbons (Fsp3) is 0.250. The fourth-order valence-corrected chi connectivity index (χ4v) is 0.504. The van der Waals surface area contributed by atoms with E-state index in [2.05, 4.69) is 5.11 Å². The molecule has 0 aromatic heterocycles. The van der Waals surface area contributed by atoms with Gasteiger partial charge >= 0.3 is 0 Å². The maximum Gasteiger partial charge on any atom is 0.293 e. The van der Waals surface area contributed by atoms with Gasteiger partial charge < -0.3 is 5.11 Å². The molecule has 1 nitrogen and oxygen atoms in total. The number of benzene rings is 1. The van der Waals surface area contributed by atoms with Gasteiger partial charge in [0.2, 0.25) is 0 Å². The number of hydrogen-bond acceptors (Lipinski definition) is 1. The van der Waals surface area contributed by atoms with E-state index in [0.717, 1.165) is 0 Å². The van der Waals surface area contributed by atoms with Gasteiger partial charge in [0.25, 0.3) is 1.43 Å². The molecule has 0 aliphatic heterocycles. The first-order valence-corrected chi connectivity index (χ1v) is 2.76. The Morgan fingerprint density at radius 3 is 2.67 bits per heavy atom. The zero-order chi connectivity index (χ0) is 10.9. The summed E-state index contributed by atoms with van der Waals surface area (Å²) in [5.41, 5.74) is 0.348. The van der Waals surface area contributed by atoms with Gasteiger partial charge in [-0.1, -0.05) is 19.0 Å². The van der Waals surface area contributed by atoms with Gasteiger partial charge in [-0.2, -0.15) is 0 Å². The lowest BCUT2D eigenvalue weighted by atomic mass is 10.2. The van der Waals surface area contributed by atoms with Crippen LogP contribution in [-0.2, 0) is 6.42 Å². The quantitative estimate of drug-likeness (QED) is 0.643. The Balaban J connectivity index is 3.55. The molecule has 9 heavy (non-hydrogen) atoms. The highest BCUT2D eigenvalue weighted by molar-refractivity contribution is 5.25. The summed E-state index contributed by atoms with van der Waals surface area (Å²) < 4.78 is 36.6. The van der Waals surface area contributed by atoms with Crippen molar-refractivity contribution >= 4 is 0 Å². The van der Waals surface area contributed by atoms with Crippen molar-refractivity contribution in [2.75, 3.05) is 0 Å². The lowest BCUT2D eigenvalue weighted by molar-refractivity contribution is 0.475. The Morgan fingerprint density at radius 1 is 1.56 bits per heavy atom. The summed E-state index contributed by atoms with van der Waals surface area (Å²) in [5, 5.41) is 4.07. The zero-order valence-electron chi connectivity index (χ0n) is 10.1. The standard InChI is InChI=1S/C8H10O/c1-2-7-3-5-8(9)6-4-7/h3-6,9H,2H2,1H3/i3D,4D,5D,6D/hD. The van der Waals surface area contributed by atoms with Crippen LogP contribution in [0.4, 0.5) is 0 Å². The minimum atomic E-state index is -0.322. The first-order chi connectivity index (χ1) is 6.54. The van der Waals surface area contributed by atoms with E-state index in [0.29, 0.717) is 12.0 Å². The van der Waals surface area contributed by atoms with Crippen LogP contribution in [0, 0.1) is 0 Å². The Morgan fingerprint density at radius 2 is 2.22 bits per heavy atom. The topological polar surface area (TPSA) is 20.2 Å². The highest BCUT2D eigenvalue weighted by atomic mass is 16.3. The minimum Gasteiger partial charge on any atom is -0.508 e. The molecule has 1 aromatic carbocycles. The van der Waals surface area contributed by atoms with Crippen molar-refractivity contribution in [1.82, 2.24) is 0 Å². The van der Waals surface area contributed by atoms with Gasteiger partial charge in [0.05, 0.1) is 5.48 Å². The van der Waals surface area contributed by atoms with E-state index in [-0.39, 0.29) is 29.9 Å². The van der Waals surface area contributed by atoms with Crippen molar-refractivity contribution in [3.63, 3.8) is 0 Å². The zero-order valence-corrected chi connectivity index (χ0v) is 5.12. The van der Waals surface area contributed by atoms with Crippen LogP contribution in [0.3, 0.4) is 0 Å². The van der Waals surface area contributed by atoms with Crippen LogP contribution in [0.15, 0.2) is 24.2 Å². The average molecular weight is 127 g/mol. The van der Waals surface area contributed by atoms with Crippen molar-refractivity contribution in [3.8, 4) is 5.75 Å². The van der Waals surface area contributed by atoms with Crippen LogP contribution in [0.25, 0.3) is 0 Å². The maximum absolute atomic E-state index is 7.52. The third-order valence-corrected chi connectivity index (χ3v) is 1.01. The van der Waals surface area contributed by atoms with Gasteiger partial charge in [0.1, 0.15) is 5.75 Å². The van der Waals surface area contributed by atoms with Gasteiger partial charge in [-0.25, -0.2) is 0 Å². The lowest BCUT2D eigenvalue weighted by Gasteiger charge is -1.93. The molecule has 0 amide bonds. The van der Waals surface area contributed by atoms with Crippen LogP contribution >= 0.6 is 0 Å². The summed E-state index contributed by atoms with van der Waals surface area (Å²) >= 11 is 0. The van der Waals surface area contributed by atoms with Crippen LogP contribution < -0.4 is 0 Å². The molecule has 48 valence electrons. The fourth-order valence-electron chi connectivity index (χ4n) is 0.504. The van der Waals surface area contributed by atoms with Gasteiger partial charge in [0.15, 0.2) is 0 Å². The van der Waals surface area contributed by atoms with Gasteiger partial charge in [-0.3, -0.25) is 0 Å². The van der Waals surface area contributed by atoms with Crippen LogP contribution in [-0.4, -0.2) is 6.54 Å². The molecule has 0 heterocycles. The molecular weight excluding hydrogens is 112 g/mol. The first kappa shape index (κ1) is 2.33. The molecule has 0 atom stereocenters. The summed E-state index contributed by atoms with van der Waals surface area (Å²) in [5.74, 6) is -0.322. The van der Waals surface area contributed by atoms with Crippen LogP contribution in [0.1, 0.15) is 18.0 Å². The second kappa shape index (κ2) is 2.53. The van der Waals surface area contributed by atoms with Crippen LogP contribution in [0.2, 0.25) is 0 Å². The van der Waals surface area contributed by atoms with E-state index in [1.54, 1.807) is 6.92 Å². The maximum atomic E-state index is 7.52. The molecule has 0 radical (unpaired) electrons. The molecule has 0 spiro atoms. The Bertz CT molecular complexity index is 299.